The van der Waals surface area contributed by atoms with E-state index in [1.54, 1.807) is 36.0 Å². The van der Waals surface area contributed by atoms with E-state index in [4.69, 9.17) is 0 Å². The Morgan fingerprint density at radius 2 is 1.92 bits per heavy atom. The van der Waals surface area contributed by atoms with Gasteiger partial charge < -0.3 is 5.32 Å². The molecule has 2 aromatic rings. The van der Waals surface area contributed by atoms with Gasteiger partial charge >= 0.3 is 0 Å². The van der Waals surface area contributed by atoms with Crippen molar-refractivity contribution in [3.05, 3.63) is 35.9 Å². The van der Waals surface area contributed by atoms with E-state index in [-0.39, 0.29) is 17.7 Å². The van der Waals surface area contributed by atoms with Gasteiger partial charge in [0.1, 0.15) is 6.04 Å². The maximum atomic E-state index is 12.5. The molecule has 0 aliphatic heterocycles. The molecule has 2 amide bonds. The van der Waals surface area contributed by atoms with Crippen LogP contribution >= 0.6 is 23.1 Å². The SMILES string of the molecule is CCSc1nnc(NC(=O)[C@@H](NC(=O)c2ccccc2)C(C)C)s1. The van der Waals surface area contributed by atoms with Gasteiger partial charge in [-0.25, -0.2) is 0 Å². The summed E-state index contributed by atoms with van der Waals surface area (Å²) in [5, 5.41) is 13.9. The van der Waals surface area contributed by atoms with Gasteiger partial charge in [0.15, 0.2) is 4.34 Å². The van der Waals surface area contributed by atoms with Gasteiger partial charge in [-0.05, 0) is 23.8 Å². The molecule has 24 heavy (non-hydrogen) atoms. The molecule has 1 aromatic heterocycles. The highest BCUT2D eigenvalue weighted by Gasteiger charge is 2.25. The van der Waals surface area contributed by atoms with Crippen LogP contribution in [0.4, 0.5) is 5.13 Å². The standard InChI is InChI=1S/C16H20N4O2S2/c1-4-23-16-20-19-15(24-16)18-14(22)12(10(2)3)17-13(21)11-8-6-5-7-9-11/h5-10,12H,4H2,1-3H3,(H,17,21)(H,18,19,22)/t12-/m0/s1. The Kier molecular flexibility index (Phi) is 6.74. The summed E-state index contributed by atoms with van der Waals surface area (Å²) in [5.74, 6) is 0.266. The van der Waals surface area contributed by atoms with Gasteiger partial charge in [0.2, 0.25) is 11.0 Å². The number of carbonyl (C=O) groups is 2. The fourth-order valence-electron chi connectivity index (χ4n) is 1.97. The fraction of sp³-hybridized carbons (Fsp3) is 0.375. The van der Waals surface area contributed by atoms with Gasteiger partial charge in [-0.1, -0.05) is 62.1 Å². The number of rotatable bonds is 7. The highest BCUT2D eigenvalue weighted by Crippen LogP contribution is 2.25. The van der Waals surface area contributed by atoms with E-state index in [1.165, 1.54) is 11.3 Å². The summed E-state index contributed by atoms with van der Waals surface area (Å²) in [6.45, 7) is 5.79. The van der Waals surface area contributed by atoms with Gasteiger partial charge in [0.25, 0.3) is 5.91 Å². The van der Waals surface area contributed by atoms with Crippen molar-refractivity contribution in [3.8, 4) is 0 Å². The molecular weight excluding hydrogens is 344 g/mol. The predicted molar refractivity (Wildman–Crippen MR) is 97.5 cm³/mol. The lowest BCUT2D eigenvalue weighted by Gasteiger charge is -2.21. The first-order valence-corrected chi connectivity index (χ1v) is 9.44. The number of carbonyl (C=O) groups excluding carboxylic acids is 2. The second-order valence-electron chi connectivity index (χ2n) is 5.36. The first kappa shape index (κ1) is 18.4. The van der Waals surface area contributed by atoms with Crippen LogP contribution < -0.4 is 10.6 Å². The second kappa shape index (κ2) is 8.79. The average Bonchev–Trinajstić information content (AvgIpc) is 3.00. The normalized spacial score (nSPS) is 12.0. The lowest BCUT2D eigenvalue weighted by molar-refractivity contribution is -0.118. The van der Waals surface area contributed by atoms with Crippen LogP contribution in [0.15, 0.2) is 34.7 Å². The molecule has 0 radical (unpaired) electrons. The van der Waals surface area contributed by atoms with Gasteiger partial charge in [-0.15, -0.1) is 10.2 Å². The minimum absolute atomic E-state index is 0.0601. The van der Waals surface area contributed by atoms with Crippen molar-refractivity contribution in [2.45, 2.75) is 31.2 Å². The Balaban J connectivity index is 2.03. The van der Waals surface area contributed by atoms with Crippen LogP contribution in [0, 0.1) is 5.92 Å². The number of amides is 2. The molecule has 2 N–H and O–H groups in total. The zero-order chi connectivity index (χ0) is 17.5. The maximum absolute atomic E-state index is 12.5. The van der Waals surface area contributed by atoms with E-state index < -0.39 is 6.04 Å². The number of hydrogen-bond donors (Lipinski definition) is 2. The zero-order valence-corrected chi connectivity index (χ0v) is 15.4. The van der Waals surface area contributed by atoms with Crippen LogP contribution in [0.3, 0.4) is 0 Å². The second-order valence-corrected chi connectivity index (χ2v) is 7.85. The molecular formula is C16H20N4O2S2. The zero-order valence-electron chi connectivity index (χ0n) is 13.8. The summed E-state index contributed by atoms with van der Waals surface area (Å²) in [6, 6.07) is 8.18. The summed E-state index contributed by atoms with van der Waals surface area (Å²) in [5.41, 5.74) is 0.522. The van der Waals surface area contributed by atoms with E-state index in [1.807, 2.05) is 26.8 Å². The first-order chi connectivity index (χ1) is 11.5. The lowest BCUT2D eigenvalue weighted by Crippen LogP contribution is -2.47. The Morgan fingerprint density at radius 1 is 1.21 bits per heavy atom. The molecule has 0 saturated heterocycles. The predicted octanol–water partition coefficient (Wildman–Crippen LogP) is 3.04. The van der Waals surface area contributed by atoms with Gasteiger partial charge in [0, 0.05) is 5.56 Å². The Morgan fingerprint density at radius 3 is 2.54 bits per heavy atom. The molecule has 8 heteroatoms. The van der Waals surface area contributed by atoms with E-state index in [0.717, 1.165) is 10.1 Å². The van der Waals surface area contributed by atoms with Crippen molar-refractivity contribution in [1.29, 1.82) is 0 Å². The molecule has 2 rings (SSSR count). The Bertz CT molecular complexity index is 688. The molecule has 0 saturated carbocycles. The minimum Gasteiger partial charge on any atom is -0.340 e. The number of anilines is 1. The monoisotopic (exact) mass is 364 g/mol. The number of nitrogens with one attached hydrogen (secondary N) is 2. The number of hydrogen-bond acceptors (Lipinski definition) is 6. The van der Waals surface area contributed by atoms with Crippen molar-refractivity contribution in [3.63, 3.8) is 0 Å². The lowest BCUT2D eigenvalue weighted by atomic mass is 10.0. The number of nitrogens with zero attached hydrogens (tertiary/aromatic N) is 2. The quantitative estimate of drug-likeness (QED) is 0.583. The molecule has 0 aliphatic carbocycles. The number of aromatic nitrogens is 2. The van der Waals surface area contributed by atoms with Crippen LogP contribution in [0.25, 0.3) is 0 Å². The molecule has 0 unspecified atom stereocenters. The molecule has 0 fully saturated rings. The number of benzene rings is 1. The molecule has 0 spiro atoms. The van der Waals surface area contributed by atoms with Crippen molar-refractivity contribution in [2.24, 2.45) is 5.92 Å². The van der Waals surface area contributed by atoms with E-state index in [2.05, 4.69) is 20.8 Å². The van der Waals surface area contributed by atoms with Crippen LogP contribution in [-0.4, -0.2) is 33.8 Å². The third-order valence-corrected chi connectivity index (χ3v) is 5.03. The Labute approximate surface area is 149 Å². The largest absolute Gasteiger partial charge is 0.340 e. The van der Waals surface area contributed by atoms with E-state index >= 15 is 0 Å². The van der Waals surface area contributed by atoms with Crippen molar-refractivity contribution in [1.82, 2.24) is 15.5 Å². The van der Waals surface area contributed by atoms with Gasteiger partial charge in [-0.3, -0.25) is 14.9 Å². The average molecular weight is 364 g/mol. The third-order valence-electron chi connectivity index (χ3n) is 3.18. The summed E-state index contributed by atoms with van der Waals surface area (Å²) in [4.78, 5) is 24.8. The Hall–Kier alpha value is -1.93. The molecule has 0 aliphatic rings. The summed E-state index contributed by atoms with van der Waals surface area (Å²) < 4.78 is 0.808. The van der Waals surface area contributed by atoms with Crippen LogP contribution in [0.5, 0.6) is 0 Å². The highest BCUT2D eigenvalue weighted by molar-refractivity contribution is 8.01. The summed E-state index contributed by atoms with van der Waals surface area (Å²) >= 11 is 2.90. The molecule has 0 bridgehead atoms. The van der Waals surface area contributed by atoms with Crippen molar-refractivity contribution in [2.75, 3.05) is 11.1 Å². The topological polar surface area (TPSA) is 84.0 Å². The summed E-state index contributed by atoms with van der Waals surface area (Å²) in [7, 11) is 0. The van der Waals surface area contributed by atoms with Crippen molar-refractivity contribution >= 4 is 40.0 Å². The first-order valence-electron chi connectivity index (χ1n) is 7.64. The smallest absolute Gasteiger partial charge is 0.251 e. The van der Waals surface area contributed by atoms with Crippen molar-refractivity contribution < 1.29 is 9.59 Å². The molecule has 1 heterocycles. The summed E-state index contributed by atoms with van der Waals surface area (Å²) in [6.07, 6.45) is 0. The van der Waals surface area contributed by atoms with Crippen LogP contribution in [0.1, 0.15) is 31.1 Å². The molecule has 1 atom stereocenters. The van der Waals surface area contributed by atoms with E-state index in [0.29, 0.717) is 10.7 Å². The molecule has 6 nitrogen and oxygen atoms in total. The van der Waals surface area contributed by atoms with Crippen LogP contribution in [-0.2, 0) is 4.79 Å². The molecule has 128 valence electrons. The van der Waals surface area contributed by atoms with Crippen LogP contribution in [0.2, 0.25) is 0 Å². The maximum Gasteiger partial charge on any atom is 0.251 e. The highest BCUT2D eigenvalue weighted by atomic mass is 32.2. The molecule has 1 aromatic carbocycles. The van der Waals surface area contributed by atoms with E-state index in [9.17, 15) is 9.59 Å². The fourth-order valence-corrected chi connectivity index (χ4v) is 3.63. The minimum atomic E-state index is -0.649. The number of thioether (sulfide) groups is 1. The van der Waals surface area contributed by atoms with Gasteiger partial charge in [0.05, 0.1) is 0 Å². The third kappa shape index (κ3) is 5.04. The van der Waals surface area contributed by atoms with Gasteiger partial charge in [-0.2, -0.15) is 0 Å².